The summed E-state index contributed by atoms with van der Waals surface area (Å²) >= 11 is 0. The van der Waals surface area contributed by atoms with E-state index in [0.717, 1.165) is 6.92 Å². The Morgan fingerprint density at radius 1 is 1.19 bits per heavy atom. The van der Waals surface area contributed by atoms with Crippen molar-refractivity contribution in [1.82, 2.24) is 0 Å². The van der Waals surface area contributed by atoms with E-state index in [9.17, 15) is 8.78 Å². The van der Waals surface area contributed by atoms with E-state index in [1.807, 2.05) is 0 Å². The summed E-state index contributed by atoms with van der Waals surface area (Å²) in [5.74, 6) is -2.34. The smallest absolute Gasteiger partial charge is 0.270 e. The van der Waals surface area contributed by atoms with Gasteiger partial charge in [0.2, 0.25) is 0 Å². The number of hydrogen-bond donors (Lipinski definition) is 1. The van der Waals surface area contributed by atoms with Crippen LogP contribution in [0, 0.1) is 0 Å². The van der Waals surface area contributed by atoms with Gasteiger partial charge in [-0.3, -0.25) is 0 Å². The van der Waals surface area contributed by atoms with Crippen molar-refractivity contribution in [2.75, 3.05) is 7.11 Å². The molecule has 0 atom stereocenters. The largest absolute Gasteiger partial charge is 0.496 e. The SMILES string of the molecule is COc1ccc(C(C)(F)F)cc1C(C)(C)N. The molecule has 0 amide bonds. The summed E-state index contributed by atoms with van der Waals surface area (Å²) in [5, 5.41) is 0. The molecule has 0 saturated carbocycles. The molecule has 1 aromatic rings. The standard InChI is InChI=1S/C12H17F2NO/c1-11(2,15)9-7-8(12(3,13)14)5-6-10(9)16-4/h5-7H,15H2,1-4H3. The zero-order chi connectivity index (χ0) is 12.6. The van der Waals surface area contributed by atoms with E-state index in [-0.39, 0.29) is 5.56 Å². The van der Waals surface area contributed by atoms with E-state index in [1.165, 1.54) is 25.3 Å². The molecule has 4 heteroatoms. The molecule has 0 unspecified atom stereocenters. The Bertz CT molecular complexity index is 378. The number of ether oxygens (including phenoxy) is 1. The van der Waals surface area contributed by atoms with Crippen molar-refractivity contribution in [1.29, 1.82) is 0 Å². The predicted octanol–water partition coefficient (Wildman–Crippen LogP) is 3.00. The van der Waals surface area contributed by atoms with Gasteiger partial charge < -0.3 is 10.5 Å². The van der Waals surface area contributed by atoms with Gasteiger partial charge in [0.25, 0.3) is 5.92 Å². The highest BCUT2D eigenvalue weighted by Gasteiger charge is 2.28. The van der Waals surface area contributed by atoms with Crippen molar-refractivity contribution in [3.8, 4) is 5.75 Å². The summed E-state index contributed by atoms with van der Waals surface area (Å²) in [5.41, 5.74) is 5.73. The maximum atomic E-state index is 13.2. The molecule has 0 aliphatic rings. The fourth-order valence-corrected chi connectivity index (χ4v) is 1.48. The summed E-state index contributed by atoms with van der Waals surface area (Å²) in [6.45, 7) is 4.37. The molecule has 2 nitrogen and oxygen atoms in total. The number of alkyl halides is 2. The first-order chi connectivity index (χ1) is 7.16. The van der Waals surface area contributed by atoms with Crippen molar-refractivity contribution in [3.05, 3.63) is 29.3 Å². The zero-order valence-corrected chi connectivity index (χ0v) is 9.97. The molecule has 0 radical (unpaired) electrons. The Kier molecular flexibility index (Phi) is 3.24. The summed E-state index contributed by atoms with van der Waals surface area (Å²) < 4.78 is 31.5. The van der Waals surface area contributed by atoms with Crippen LogP contribution in [0.4, 0.5) is 8.78 Å². The molecule has 0 aliphatic carbocycles. The third-order valence-corrected chi connectivity index (χ3v) is 2.40. The highest BCUT2D eigenvalue weighted by molar-refractivity contribution is 5.42. The lowest BCUT2D eigenvalue weighted by atomic mass is 9.92. The summed E-state index contributed by atoms with van der Waals surface area (Å²) in [7, 11) is 1.49. The summed E-state index contributed by atoms with van der Waals surface area (Å²) in [4.78, 5) is 0. The second-order valence-corrected chi connectivity index (χ2v) is 4.53. The van der Waals surface area contributed by atoms with Crippen LogP contribution < -0.4 is 10.5 Å². The van der Waals surface area contributed by atoms with Gasteiger partial charge in [-0.15, -0.1) is 0 Å². The van der Waals surface area contributed by atoms with Crippen LogP contribution in [0.5, 0.6) is 5.75 Å². The first-order valence-electron chi connectivity index (χ1n) is 5.02. The molecular formula is C12H17F2NO. The molecule has 0 bridgehead atoms. The Morgan fingerprint density at radius 3 is 2.12 bits per heavy atom. The lowest BCUT2D eigenvalue weighted by Gasteiger charge is -2.24. The van der Waals surface area contributed by atoms with E-state index in [0.29, 0.717) is 11.3 Å². The van der Waals surface area contributed by atoms with Gasteiger partial charge in [0.1, 0.15) is 5.75 Å². The Labute approximate surface area is 94.4 Å². The van der Waals surface area contributed by atoms with Crippen LogP contribution >= 0.6 is 0 Å². The predicted molar refractivity (Wildman–Crippen MR) is 59.8 cm³/mol. The molecule has 0 spiro atoms. The van der Waals surface area contributed by atoms with Gasteiger partial charge in [-0.05, 0) is 32.0 Å². The first-order valence-corrected chi connectivity index (χ1v) is 5.02. The lowest BCUT2D eigenvalue weighted by molar-refractivity contribution is 0.0173. The van der Waals surface area contributed by atoms with Crippen LogP contribution in [0.15, 0.2) is 18.2 Å². The second-order valence-electron chi connectivity index (χ2n) is 4.53. The van der Waals surface area contributed by atoms with Crippen LogP contribution in [0.2, 0.25) is 0 Å². The Morgan fingerprint density at radius 2 is 1.75 bits per heavy atom. The molecule has 0 aromatic heterocycles. The summed E-state index contributed by atoms with van der Waals surface area (Å²) in [6, 6.07) is 4.28. The van der Waals surface area contributed by atoms with Crippen molar-refractivity contribution < 1.29 is 13.5 Å². The van der Waals surface area contributed by atoms with Crippen LogP contribution in [0.1, 0.15) is 31.9 Å². The fraction of sp³-hybridized carbons (Fsp3) is 0.500. The molecule has 0 saturated heterocycles. The van der Waals surface area contributed by atoms with Gasteiger partial charge in [0.05, 0.1) is 7.11 Å². The maximum Gasteiger partial charge on any atom is 0.270 e. The number of rotatable bonds is 3. The van der Waals surface area contributed by atoms with Crippen LogP contribution in [-0.2, 0) is 11.5 Å². The topological polar surface area (TPSA) is 35.2 Å². The Balaban J connectivity index is 3.34. The minimum atomic E-state index is -2.87. The quantitative estimate of drug-likeness (QED) is 0.864. The number of methoxy groups -OCH3 is 1. The molecule has 0 fully saturated rings. The normalized spacial score (nSPS) is 12.7. The molecule has 0 aliphatic heterocycles. The van der Waals surface area contributed by atoms with Gasteiger partial charge >= 0.3 is 0 Å². The van der Waals surface area contributed by atoms with Crippen LogP contribution in [-0.4, -0.2) is 7.11 Å². The van der Waals surface area contributed by atoms with E-state index >= 15 is 0 Å². The molecule has 90 valence electrons. The Hall–Kier alpha value is -1.16. The zero-order valence-electron chi connectivity index (χ0n) is 9.97. The third-order valence-electron chi connectivity index (χ3n) is 2.40. The van der Waals surface area contributed by atoms with Gasteiger partial charge in [-0.1, -0.05) is 0 Å². The van der Waals surface area contributed by atoms with Gasteiger partial charge in [0, 0.05) is 23.6 Å². The van der Waals surface area contributed by atoms with E-state index < -0.39 is 11.5 Å². The number of benzene rings is 1. The van der Waals surface area contributed by atoms with Crippen LogP contribution in [0.3, 0.4) is 0 Å². The highest BCUT2D eigenvalue weighted by Crippen LogP contribution is 2.34. The average molecular weight is 229 g/mol. The second kappa shape index (κ2) is 4.01. The van der Waals surface area contributed by atoms with Gasteiger partial charge in [-0.2, -0.15) is 0 Å². The minimum Gasteiger partial charge on any atom is -0.496 e. The molecule has 1 aromatic carbocycles. The average Bonchev–Trinajstić information content (AvgIpc) is 2.14. The fourth-order valence-electron chi connectivity index (χ4n) is 1.48. The molecule has 16 heavy (non-hydrogen) atoms. The number of hydrogen-bond acceptors (Lipinski definition) is 2. The van der Waals surface area contributed by atoms with Gasteiger partial charge in [-0.25, -0.2) is 8.78 Å². The monoisotopic (exact) mass is 229 g/mol. The number of halogens is 2. The van der Waals surface area contributed by atoms with Crippen molar-refractivity contribution >= 4 is 0 Å². The van der Waals surface area contributed by atoms with Crippen molar-refractivity contribution in [2.45, 2.75) is 32.2 Å². The first kappa shape index (κ1) is 12.9. The van der Waals surface area contributed by atoms with Crippen molar-refractivity contribution in [3.63, 3.8) is 0 Å². The highest BCUT2D eigenvalue weighted by atomic mass is 19.3. The number of nitrogens with two attached hydrogens (primary N) is 1. The molecule has 0 heterocycles. The molecular weight excluding hydrogens is 212 g/mol. The van der Waals surface area contributed by atoms with E-state index in [4.69, 9.17) is 10.5 Å². The summed E-state index contributed by atoms with van der Waals surface area (Å²) in [6.07, 6.45) is 0. The minimum absolute atomic E-state index is 0.0539. The lowest BCUT2D eigenvalue weighted by Crippen LogP contribution is -2.29. The van der Waals surface area contributed by atoms with Gasteiger partial charge in [0.15, 0.2) is 0 Å². The maximum absolute atomic E-state index is 13.2. The van der Waals surface area contributed by atoms with E-state index in [2.05, 4.69) is 0 Å². The van der Waals surface area contributed by atoms with Crippen LogP contribution in [0.25, 0.3) is 0 Å². The molecule has 1 rings (SSSR count). The molecule has 2 N–H and O–H groups in total. The third kappa shape index (κ3) is 2.70. The van der Waals surface area contributed by atoms with Crippen molar-refractivity contribution in [2.24, 2.45) is 5.73 Å². The van der Waals surface area contributed by atoms with E-state index in [1.54, 1.807) is 13.8 Å².